The van der Waals surface area contributed by atoms with Gasteiger partial charge in [0.15, 0.2) is 16.6 Å². The lowest BCUT2D eigenvalue weighted by molar-refractivity contribution is 0.273. The molecule has 0 radical (unpaired) electrons. The first-order valence-electron chi connectivity index (χ1n) is 9.37. The van der Waals surface area contributed by atoms with Gasteiger partial charge in [-0.05, 0) is 73.8 Å². The highest BCUT2D eigenvalue weighted by atomic mass is 32.1. The Hall–Kier alpha value is -2.60. The van der Waals surface area contributed by atoms with Crippen molar-refractivity contribution in [2.45, 2.75) is 34.1 Å². The number of hydrogen-bond acceptors (Lipinski definition) is 4. The van der Waals surface area contributed by atoms with Crippen molar-refractivity contribution in [1.29, 1.82) is 0 Å². The number of ether oxygens (including phenoxy) is 2. The average Bonchev–Trinajstić information content (AvgIpc) is 2.64. The number of hydrogen-bond donors (Lipinski definition) is 2. The molecule has 0 amide bonds. The van der Waals surface area contributed by atoms with Gasteiger partial charge in [0.2, 0.25) is 0 Å². The number of anilines is 1. The topological polar surface area (TPSA) is 54.9 Å². The Bertz CT molecular complexity index is 835. The molecule has 2 N–H and O–H groups in total. The van der Waals surface area contributed by atoms with Gasteiger partial charge in [-0.15, -0.1) is 0 Å². The highest BCUT2D eigenvalue weighted by Crippen LogP contribution is 2.28. The third-order valence-electron chi connectivity index (χ3n) is 4.15. The van der Waals surface area contributed by atoms with Crippen LogP contribution in [0.25, 0.3) is 0 Å². The highest BCUT2D eigenvalue weighted by molar-refractivity contribution is 7.80. The normalized spacial score (nSPS) is 10.9. The molecule has 0 heterocycles. The van der Waals surface area contributed by atoms with E-state index in [1.54, 1.807) is 13.3 Å². The summed E-state index contributed by atoms with van der Waals surface area (Å²) < 4.78 is 11.2. The number of hydrazone groups is 1. The molecule has 2 rings (SSSR count). The minimum Gasteiger partial charge on any atom is -0.493 e. The number of benzene rings is 2. The number of aryl methyl sites for hydroxylation is 2. The lowest BCUT2D eigenvalue weighted by Crippen LogP contribution is -2.24. The van der Waals surface area contributed by atoms with Crippen LogP contribution in [-0.2, 0) is 0 Å². The van der Waals surface area contributed by atoms with Gasteiger partial charge in [0.25, 0.3) is 0 Å². The summed E-state index contributed by atoms with van der Waals surface area (Å²) in [5.41, 5.74) is 7.03. The van der Waals surface area contributed by atoms with E-state index in [1.807, 2.05) is 37.3 Å². The molecule has 0 saturated heterocycles. The van der Waals surface area contributed by atoms with Gasteiger partial charge in [0, 0.05) is 5.69 Å². The number of nitrogens with zero attached hydrogens (tertiary/aromatic N) is 1. The van der Waals surface area contributed by atoms with Crippen molar-refractivity contribution in [3.05, 3.63) is 53.1 Å². The van der Waals surface area contributed by atoms with E-state index in [2.05, 4.69) is 42.7 Å². The van der Waals surface area contributed by atoms with Gasteiger partial charge in [-0.1, -0.05) is 31.5 Å². The molecular formula is C22H29N3O2S. The Kier molecular flexibility index (Phi) is 8.26. The zero-order valence-electron chi connectivity index (χ0n) is 17.2. The van der Waals surface area contributed by atoms with E-state index < -0.39 is 0 Å². The van der Waals surface area contributed by atoms with E-state index >= 15 is 0 Å². The molecule has 2 aromatic carbocycles. The molecule has 6 heteroatoms. The van der Waals surface area contributed by atoms with E-state index in [4.69, 9.17) is 21.7 Å². The molecule has 0 fully saturated rings. The van der Waals surface area contributed by atoms with Gasteiger partial charge in [-0.3, -0.25) is 5.43 Å². The van der Waals surface area contributed by atoms with Crippen LogP contribution >= 0.6 is 12.2 Å². The second kappa shape index (κ2) is 10.7. The fourth-order valence-electron chi connectivity index (χ4n) is 2.56. The van der Waals surface area contributed by atoms with Gasteiger partial charge in [0.1, 0.15) is 0 Å². The van der Waals surface area contributed by atoms with Gasteiger partial charge >= 0.3 is 0 Å². The third-order valence-corrected chi connectivity index (χ3v) is 4.34. The van der Waals surface area contributed by atoms with Crippen LogP contribution in [0, 0.1) is 19.8 Å². The smallest absolute Gasteiger partial charge is 0.191 e. The Labute approximate surface area is 173 Å². The standard InChI is InChI=1S/C22H29N3O2S/c1-15(2)10-11-27-20-9-7-18(13-21(20)26-5)14-23-25-22(28)24-19-8-6-16(3)12-17(19)4/h6-9,12-15H,10-11H2,1-5H3,(H2,24,25,28). The third kappa shape index (κ3) is 6.85. The van der Waals surface area contributed by atoms with Crippen LogP contribution in [-0.4, -0.2) is 25.0 Å². The van der Waals surface area contributed by atoms with Crippen LogP contribution in [0.4, 0.5) is 5.69 Å². The molecule has 0 aliphatic carbocycles. The van der Waals surface area contributed by atoms with Gasteiger partial charge < -0.3 is 14.8 Å². The number of methoxy groups -OCH3 is 1. The Morgan fingerprint density at radius 1 is 1.14 bits per heavy atom. The summed E-state index contributed by atoms with van der Waals surface area (Å²) in [4.78, 5) is 0. The van der Waals surface area contributed by atoms with E-state index in [1.165, 1.54) is 5.56 Å². The first kappa shape index (κ1) is 21.7. The van der Waals surface area contributed by atoms with Crippen molar-refractivity contribution in [2.75, 3.05) is 19.0 Å². The summed E-state index contributed by atoms with van der Waals surface area (Å²) in [6.45, 7) is 9.12. The van der Waals surface area contributed by atoms with E-state index in [9.17, 15) is 0 Å². The molecule has 0 bridgehead atoms. The number of nitrogens with one attached hydrogen (secondary N) is 2. The molecule has 5 nitrogen and oxygen atoms in total. The van der Waals surface area contributed by atoms with Gasteiger partial charge in [0.05, 0.1) is 19.9 Å². The molecular weight excluding hydrogens is 370 g/mol. The maximum Gasteiger partial charge on any atom is 0.191 e. The van der Waals surface area contributed by atoms with Crippen molar-refractivity contribution in [3.63, 3.8) is 0 Å². The first-order chi connectivity index (χ1) is 13.4. The molecule has 0 spiro atoms. The van der Waals surface area contributed by atoms with Gasteiger partial charge in [-0.25, -0.2) is 0 Å². The quantitative estimate of drug-likeness (QED) is 0.369. The lowest BCUT2D eigenvalue weighted by Gasteiger charge is -2.12. The molecule has 150 valence electrons. The zero-order chi connectivity index (χ0) is 20.5. The summed E-state index contributed by atoms with van der Waals surface area (Å²) in [5, 5.41) is 7.78. The van der Waals surface area contributed by atoms with Crippen LogP contribution in [0.3, 0.4) is 0 Å². The van der Waals surface area contributed by atoms with Crippen molar-refractivity contribution >= 4 is 29.2 Å². The molecule has 0 saturated carbocycles. The van der Waals surface area contributed by atoms with E-state index in [0.717, 1.165) is 29.0 Å². The monoisotopic (exact) mass is 399 g/mol. The predicted molar refractivity (Wildman–Crippen MR) is 121 cm³/mol. The number of rotatable bonds is 8. The minimum absolute atomic E-state index is 0.434. The maximum absolute atomic E-state index is 5.81. The molecule has 0 atom stereocenters. The summed E-state index contributed by atoms with van der Waals surface area (Å²) in [5.74, 6) is 2.02. The fourth-order valence-corrected chi connectivity index (χ4v) is 2.72. The minimum atomic E-state index is 0.434. The van der Waals surface area contributed by atoms with Crippen LogP contribution < -0.4 is 20.2 Å². The van der Waals surface area contributed by atoms with Crippen molar-refractivity contribution < 1.29 is 9.47 Å². The molecule has 2 aromatic rings. The average molecular weight is 400 g/mol. The maximum atomic E-state index is 5.81. The number of thiocarbonyl (C=S) groups is 1. The summed E-state index contributed by atoms with van der Waals surface area (Å²) in [6.07, 6.45) is 2.69. The molecule has 0 aromatic heterocycles. The van der Waals surface area contributed by atoms with Crippen LogP contribution in [0.15, 0.2) is 41.5 Å². The SMILES string of the molecule is COc1cc(C=NNC(=S)Nc2ccc(C)cc2C)ccc1OCCC(C)C. The summed E-state index contributed by atoms with van der Waals surface area (Å²) in [6, 6.07) is 11.9. The predicted octanol–water partition coefficient (Wildman–Crippen LogP) is 5.06. The highest BCUT2D eigenvalue weighted by Gasteiger charge is 2.06. The second-order valence-corrected chi connectivity index (χ2v) is 7.49. The van der Waals surface area contributed by atoms with Crippen molar-refractivity contribution in [1.82, 2.24) is 5.43 Å². The summed E-state index contributed by atoms with van der Waals surface area (Å²) >= 11 is 5.30. The lowest BCUT2D eigenvalue weighted by atomic mass is 10.1. The largest absolute Gasteiger partial charge is 0.493 e. The molecule has 28 heavy (non-hydrogen) atoms. The van der Waals surface area contributed by atoms with Crippen molar-refractivity contribution in [3.8, 4) is 11.5 Å². The van der Waals surface area contributed by atoms with Gasteiger partial charge in [-0.2, -0.15) is 5.10 Å². The Morgan fingerprint density at radius 3 is 2.61 bits per heavy atom. The first-order valence-corrected chi connectivity index (χ1v) is 9.78. The van der Waals surface area contributed by atoms with Crippen LogP contribution in [0.5, 0.6) is 11.5 Å². The van der Waals surface area contributed by atoms with Crippen molar-refractivity contribution in [2.24, 2.45) is 11.0 Å². The summed E-state index contributed by atoms with van der Waals surface area (Å²) in [7, 11) is 1.63. The molecule has 0 aliphatic heterocycles. The zero-order valence-corrected chi connectivity index (χ0v) is 18.0. The second-order valence-electron chi connectivity index (χ2n) is 7.08. The van der Waals surface area contributed by atoms with Crippen LogP contribution in [0.2, 0.25) is 0 Å². The molecule has 0 aliphatic rings. The Morgan fingerprint density at radius 2 is 1.93 bits per heavy atom. The van der Waals surface area contributed by atoms with E-state index in [-0.39, 0.29) is 0 Å². The van der Waals surface area contributed by atoms with Crippen LogP contribution in [0.1, 0.15) is 37.0 Å². The molecule has 0 unspecified atom stereocenters. The fraction of sp³-hybridized carbons (Fsp3) is 0.364. The Balaban J connectivity index is 1.93. The van der Waals surface area contributed by atoms with E-state index in [0.29, 0.717) is 23.4 Å².